The fourth-order valence-electron chi connectivity index (χ4n) is 2.95. The Bertz CT molecular complexity index is 470. The average molecular weight is 301 g/mol. The molecule has 2 fully saturated rings. The van der Waals surface area contributed by atoms with E-state index in [1.165, 1.54) is 0 Å². The average Bonchev–Trinajstić information content (AvgIpc) is 2.82. The van der Waals surface area contributed by atoms with E-state index in [1.54, 1.807) is 20.8 Å². The lowest BCUT2D eigenvalue weighted by molar-refractivity contribution is -0.154. The number of alkyl carbamates (subject to hydrolysis) is 1. The predicted molar refractivity (Wildman–Crippen MR) is 68.7 cm³/mol. The van der Waals surface area contributed by atoms with Gasteiger partial charge in [0, 0.05) is 0 Å². The molecule has 2 saturated heterocycles. The van der Waals surface area contributed by atoms with Crippen LogP contribution in [0.2, 0.25) is 0 Å². The molecule has 8 nitrogen and oxygen atoms in total. The van der Waals surface area contributed by atoms with Gasteiger partial charge in [-0.15, -0.1) is 0 Å². The first-order valence-corrected chi connectivity index (χ1v) is 6.71. The molecular formula is C13H19NO7. The van der Waals surface area contributed by atoms with Crippen molar-refractivity contribution in [2.24, 2.45) is 11.8 Å². The number of hydrogen-bond acceptors (Lipinski definition) is 5. The quantitative estimate of drug-likeness (QED) is 0.691. The molecular weight excluding hydrogens is 282 g/mol. The number of carboxylic acid groups (broad SMARTS) is 2. The molecule has 0 aromatic heterocycles. The molecule has 2 heterocycles. The van der Waals surface area contributed by atoms with Crippen molar-refractivity contribution >= 4 is 18.0 Å². The van der Waals surface area contributed by atoms with E-state index in [2.05, 4.69) is 5.32 Å². The van der Waals surface area contributed by atoms with E-state index in [0.29, 0.717) is 0 Å². The number of hydrogen-bond donors (Lipinski definition) is 3. The minimum Gasteiger partial charge on any atom is -0.481 e. The summed E-state index contributed by atoms with van der Waals surface area (Å²) < 4.78 is 10.5. The number of ether oxygens (including phenoxy) is 2. The summed E-state index contributed by atoms with van der Waals surface area (Å²) in [5.74, 6) is -4.67. The van der Waals surface area contributed by atoms with Crippen LogP contribution in [0, 0.1) is 11.8 Å². The minimum absolute atomic E-state index is 0.269. The molecule has 0 aromatic rings. The highest BCUT2D eigenvalue weighted by Crippen LogP contribution is 2.44. The third-order valence-corrected chi connectivity index (χ3v) is 3.63. The van der Waals surface area contributed by atoms with Gasteiger partial charge in [0.05, 0.1) is 24.2 Å². The van der Waals surface area contributed by atoms with Crippen LogP contribution in [0.5, 0.6) is 0 Å². The Morgan fingerprint density at radius 1 is 1.14 bits per heavy atom. The summed E-state index contributed by atoms with van der Waals surface area (Å²) in [5, 5.41) is 20.9. The van der Waals surface area contributed by atoms with Crippen molar-refractivity contribution in [3.05, 3.63) is 0 Å². The number of rotatable bonds is 3. The summed E-state index contributed by atoms with van der Waals surface area (Å²) in [6.07, 6.45) is -1.95. The molecule has 2 rings (SSSR count). The summed E-state index contributed by atoms with van der Waals surface area (Å²) in [7, 11) is 0. The van der Waals surface area contributed by atoms with Crippen LogP contribution in [-0.2, 0) is 19.1 Å². The molecule has 2 bridgehead atoms. The van der Waals surface area contributed by atoms with Gasteiger partial charge in [0.25, 0.3) is 0 Å². The highest BCUT2D eigenvalue weighted by atomic mass is 16.6. The number of amides is 1. The number of carbonyl (C=O) groups is 3. The second kappa shape index (κ2) is 5.18. The Balaban J connectivity index is 2.05. The topological polar surface area (TPSA) is 122 Å². The van der Waals surface area contributed by atoms with Crippen molar-refractivity contribution in [1.29, 1.82) is 0 Å². The van der Waals surface area contributed by atoms with E-state index in [0.717, 1.165) is 0 Å². The van der Waals surface area contributed by atoms with Crippen LogP contribution in [0.4, 0.5) is 4.79 Å². The summed E-state index contributed by atoms with van der Waals surface area (Å²) in [6.45, 7) is 5.14. The van der Waals surface area contributed by atoms with Crippen LogP contribution in [-0.4, -0.2) is 52.1 Å². The molecule has 3 N–H and O–H groups in total. The number of carbonyl (C=O) groups excluding carboxylic acids is 1. The zero-order chi connectivity index (χ0) is 15.9. The maximum absolute atomic E-state index is 11.7. The number of carboxylic acids is 2. The van der Waals surface area contributed by atoms with E-state index in [9.17, 15) is 19.5 Å². The standard InChI is InChI=1S/C13H19NO7/c1-13(2,3)21-12(19)14-5-4-6-7(10(15)16)8(11(17)18)9(5)20-6/h5-9H,4H2,1-3H3,(H,14,19)(H,15,16)(H,17,18). The first-order chi connectivity index (χ1) is 9.60. The molecule has 2 aliphatic rings. The second-order valence-electron chi connectivity index (χ2n) is 6.36. The van der Waals surface area contributed by atoms with Crippen LogP contribution in [0.25, 0.3) is 0 Å². The monoisotopic (exact) mass is 301 g/mol. The molecule has 0 radical (unpaired) electrons. The fraction of sp³-hybridized carbons (Fsp3) is 0.769. The van der Waals surface area contributed by atoms with Gasteiger partial charge < -0.3 is 25.0 Å². The van der Waals surface area contributed by atoms with E-state index >= 15 is 0 Å². The second-order valence-corrected chi connectivity index (χ2v) is 6.36. The van der Waals surface area contributed by atoms with E-state index in [4.69, 9.17) is 14.6 Å². The first kappa shape index (κ1) is 15.6. The number of aliphatic carboxylic acids is 2. The van der Waals surface area contributed by atoms with Crippen molar-refractivity contribution in [1.82, 2.24) is 5.32 Å². The van der Waals surface area contributed by atoms with Gasteiger partial charge in [-0.3, -0.25) is 9.59 Å². The highest BCUT2D eigenvalue weighted by molar-refractivity contribution is 5.82. The van der Waals surface area contributed by atoms with Crippen LogP contribution in [0.15, 0.2) is 0 Å². The van der Waals surface area contributed by atoms with E-state index in [1.807, 2.05) is 0 Å². The zero-order valence-corrected chi connectivity index (χ0v) is 12.0. The number of fused-ring (bicyclic) bond motifs is 2. The zero-order valence-electron chi connectivity index (χ0n) is 12.0. The Kier molecular flexibility index (Phi) is 3.83. The van der Waals surface area contributed by atoms with Gasteiger partial charge in [0.15, 0.2) is 0 Å². The Morgan fingerprint density at radius 3 is 2.19 bits per heavy atom. The summed E-state index contributed by atoms with van der Waals surface area (Å²) >= 11 is 0. The molecule has 0 aromatic carbocycles. The van der Waals surface area contributed by atoms with Crippen molar-refractivity contribution < 1.29 is 34.1 Å². The maximum atomic E-state index is 11.7. The van der Waals surface area contributed by atoms with Crippen molar-refractivity contribution in [3.8, 4) is 0 Å². The lowest BCUT2D eigenvalue weighted by Gasteiger charge is -2.29. The Morgan fingerprint density at radius 2 is 1.71 bits per heavy atom. The molecule has 0 saturated carbocycles. The number of nitrogens with one attached hydrogen (secondary N) is 1. The normalized spacial score (nSPS) is 34.5. The molecule has 0 spiro atoms. The first-order valence-electron chi connectivity index (χ1n) is 6.71. The lowest BCUT2D eigenvalue weighted by Crippen LogP contribution is -2.51. The van der Waals surface area contributed by atoms with Gasteiger partial charge in [-0.25, -0.2) is 4.79 Å². The van der Waals surface area contributed by atoms with E-state index in [-0.39, 0.29) is 6.42 Å². The van der Waals surface area contributed by atoms with Gasteiger partial charge >= 0.3 is 18.0 Å². The molecule has 2 aliphatic heterocycles. The summed E-state index contributed by atoms with van der Waals surface area (Å²) in [6, 6.07) is -0.554. The molecule has 5 atom stereocenters. The van der Waals surface area contributed by atoms with E-state index < -0.39 is 53.7 Å². The van der Waals surface area contributed by atoms with Crippen molar-refractivity contribution in [3.63, 3.8) is 0 Å². The largest absolute Gasteiger partial charge is 0.481 e. The molecule has 21 heavy (non-hydrogen) atoms. The third kappa shape index (κ3) is 3.10. The third-order valence-electron chi connectivity index (χ3n) is 3.63. The van der Waals surface area contributed by atoms with Gasteiger partial charge in [-0.1, -0.05) is 0 Å². The van der Waals surface area contributed by atoms with Gasteiger partial charge in [-0.2, -0.15) is 0 Å². The van der Waals surface area contributed by atoms with Crippen LogP contribution >= 0.6 is 0 Å². The Labute approximate surface area is 121 Å². The lowest BCUT2D eigenvalue weighted by atomic mass is 9.77. The highest BCUT2D eigenvalue weighted by Gasteiger charge is 2.60. The molecule has 118 valence electrons. The van der Waals surface area contributed by atoms with Crippen molar-refractivity contribution in [2.75, 3.05) is 0 Å². The molecule has 1 amide bonds. The van der Waals surface area contributed by atoms with Crippen LogP contribution < -0.4 is 5.32 Å². The van der Waals surface area contributed by atoms with Crippen LogP contribution in [0.1, 0.15) is 27.2 Å². The fourth-order valence-corrected chi connectivity index (χ4v) is 2.95. The Hall–Kier alpha value is -1.83. The minimum atomic E-state index is -1.23. The van der Waals surface area contributed by atoms with Gasteiger partial charge in [-0.05, 0) is 27.2 Å². The van der Waals surface area contributed by atoms with Gasteiger partial charge in [0.2, 0.25) is 0 Å². The molecule has 5 unspecified atom stereocenters. The van der Waals surface area contributed by atoms with Crippen molar-refractivity contribution in [2.45, 2.75) is 51.0 Å². The predicted octanol–water partition coefficient (Wildman–Crippen LogP) is 0.452. The van der Waals surface area contributed by atoms with Gasteiger partial charge in [0.1, 0.15) is 11.5 Å². The molecule has 0 aliphatic carbocycles. The van der Waals surface area contributed by atoms with Crippen LogP contribution in [0.3, 0.4) is 0 Å². The smallest absolute Gasteiger partial charge is 0.407 e. The summed E-state index contributed by atoms with van der Waals surface area (Å²) in [5.41, 5.74) is -0.668. The summed E-state index contributed by atoms with van der Waals surface area (Å²) in [4.78, 5) is 34.2. The molecule has 8 heteroatoms. The SMILES string of the molecule is CC(C)(C)OC(=O)NC1CC2OC1C(C(=O)O)C2C(=O)O. The maximum Gasteiger partial charge on any atom is 0.407 e.